The third-order valence-electron chi connectivity index (χ3n) is 6.36. The molecule has 0 bridgehead atoms. The standard InChI is InChI=1S/C22H34N2O3S/c1-21(2,3)18-8-10-19(11-9-18)28(26,27)24-16-14-23(15-17-24)20(25)22(4)12-6-5-7-13-22/h8-11H,5-7,12-17H2,1-4H3. The molecule has 0 radical (unpaired) electrons. The second-order valence-corrected chi connectivity index (χ2v) is 11.5. The molecule has 0 spiro atoms. The molecule has 0 aromatic heterocycles. The molecule has 1 saturated heterocycles. The van der Waals surface area contributed by atoms with Crippen LogP contribution in [-0.4, -0.2) is 49.7 Å². The fourth-order valence-corrected chi connectivity index (χ4v) is 5.76. The minimum atomic E-state index is -3.52. The number of carbonyl (C=O) groups excluding carboxylic acids is 1. The van der Waals surface area contributed by atoms with Crippen LogP contribution in [0.15, 0.2) is 29.2 Å². The van der Waals surface area contributed by atoms with Crippen molar-refractivity contribution < 1.29 is 13.2 Å². The summed E-state index contributed by atoms with van der Waals surface area (Å²) >= 11 is 0. The fraction of sp³-hybridized carbons (Fsp3) is 0.682. The van der Waals surface area contributed by atoms with Gasteiger partial charge in [-0.05, 0) is 36.0 Å². The van der Waals surface area contributed by atoms with Crippen LogP contribution >= 0.6 is 0 Å². The molecular weight excluding hydrogens is 372 g/mol. The van der Waals surface area contributed by atoms with Gasteiger partial charge in [0.1, 0.15) is 0 Å². The van der Waals surface area contributed by atoms with Gasteiger partial charge in [0.25, 0.3) is 0 Å². The van der Waals surface area contributed by atoms with E-state index in [1.165, 1.54) is 10.7 Å². The van der Waals surface area contributed by atoms with E-state index in [9.17, 15) is 13.2 Å². The Kier molecular flexibility index (Phi) is 5.93. The lowest BCUT2D eigenvalue weighted by Crippen LogP contribution is -2.54. The zero-order chi connectivity index (χ0) is 20.6. The largest absolute Gasteiger partial charge is 0.340 e. The maximum Gasteiger partial charge on any atom is 0.243 e. The van der Waals surface area contributed by atoms with E-state index in [2.05, 4.69) is 27.7 Å². The molecule has 2 aliphatic rings. The Morgan fingerprint density at radius 1 is 0.929 bits per heavy atom. The van der Waals surface area contributed by atoms with Gasteiger partial charge in [0.15, 0.2) is 0 Å². The topological polar surface area (TPSA) is 57.7 Å². The van der Waals surface area contributed by atoms with E-state index in [-0.39, 0.29) is 16.7 Å². The van der Waals surface area contributed by atoms with Gasteiger partial charge in [0, 0.05) is 31.6 Å². The van der Waals surface area contributed by atoms with Gasteiger partial charge >= 0.3 is 0 Å². The van der Waals surface area contributed by atoms with Crippen molar-refractivity contribution in [3.05, 3.63) is 29.8 Å². The molecule has 1 heterocycles. The van der Waals surface area contributed by atoms with Crippen LogP contribution in [0.4, 0.5) is 0 Å². The predicted octanol–water partition coefficient (Wildman–Crippen LogP) is 3.79. The van der Waals surface area contributed by atoms with Gasteiger partial charge in [-0.25, -0.2) is 8.42 Å². The summed E-state index contributed by atoms with van der Waals surface area (Å²) in [5, 5.41) is 0. The Morgan fingerprint density at radius 3 is 1.96 bits per heavy atom. The molecule has 28 heavy (non-hydrogen) atoms. The van der Waals surface area contributed by atoms with Crippen LogP contribution in [0.5, 0.6) is 0 Å². The predicted molar refractivity (Wildman–Crippen MR) is 112 cm³/mol. The van der Waals surface area contributed by atoms with Crippen molar-refractivity contribution in [2.45, 2.75) is 70.1 Å². The Balaban J connectivity index is 1.66. The van der Waals surface area contributed by atoms with Gasteiger partial charge < -0.3 is 4.90 Å². The molecule has 0 N–H and O–H groups in total. The average Bonchev–Trinajstić information content (AvgIpc) is 2.67. The van der Waals surface area contributed by atoms with Crippen molar-refractivity contribution in [3.63, 3.8) is 0 Å². The van der Waals surface area contributed by atoms with Gasteiger partial charge in [-0.3, -0.25) is 4.79 Å². The van der Waals surface area contributed by atoms with Gasteiger partial charge in [-0.2, -0.15) is 4.31 Å². The van der Waals surface area contributed by atoms with Crippen LogP contribution in [-0.2, 0) is 20.2 Å². The van der Waals surface area contributed by atoms with E-state index in [1.807, 2.05) is 17.0 Å². The molecule has 6 heteroatoms. The highest BCUT2D eigenvalue weighted by atomic mass is 32.2. The average molecular weight is 407 g/mol. The van der Waals surface area contributed by atoms with E-state index in [1.54, 1.807) is 12.1 Å². The summed E-state index contributed by atoms with van der Waals surface area (Å²) in [6.45, 7) is 10.1. The van der Waals surface area contributed by atoms with Gasteiger partial charge in [-0.1, -0.05) is 59.1 Å². The van der Waals surface area contributed by atoms with Crippen LogP contribution in [0.3, 0.4) is 0 Å². The third-order valence-corrected chi connectivity index (χ3v) is 8.27. The number of carbonyl (C=O) groups is 1. The Bertz CT molecular complexity index is 795. The molecular formula is C22H34N2O3S. The summed E-state index contributed by atoms with van der Waals surface area (Å²) in [7, 11) is -3.52. The number of amides is 1. The summed E-state index contributed by atoms with van der Waals surface area (Å²) < 4.78 is 27.5. The fourth-order valence-electron chi connectivity index (χ4n) is 4.34. The number of hydrogen-bond donors (Lipinski definition) is 0. The number of benzene rings is 1. The number of hydrogen-bond acceptors (Lipinski definition) is 3. The van der Waals surface area contributed by atoms with Crippen molar-refractivity contribution in [3.8, 4) is 0 Å². The number of piperazine rings is 1. The van der Waals surface area contributed by atoms with Crippen molar-refractivity contribution in [1.29, 1.82) is 0 Å². The number of rotatable bonds is 3. The van der Waals surface area contributed by atoms with Gasteiger partial charge in [0.05, 0.1) is 4.90 Å². The van der Waals surface area contributed by atoms with Crippen molar-refractivity contribution in [1.82, 2.24) is 9.21 Å². The van der Waals surface area contributed by atoms with E-state index < -0.39 is 10.0 Å². The molecule has 1 saturated carbocycles. The minimum Gasteiger partial charge on any atom is -0.340 e. The second kappa shape index (κ2) is 7.79. The summed E-state index contributed by atoms with van der Waals surface area (Å²) in [6.07, 6.45) is 5.33. The Morgan fingerprint density at radius 2 is 1.46 bits per heavy atom. The molecule has 3 rings (SSSR count). The summed E-state index contributed by atoms with van der Waals surface area (Å²) in [5.41, 5.74) is 0.841. The Hall–Kier alpha value is -1.40. The molecule has 2 fully saturated rings. The monoisotopic (exact) mass is 406 g/mol. The number of sulfonamides is 1. The molecule has 156 valence electrons. The van der Waals surface area contributed by atoms with E-state index >= 15 is 0 Å². The van der Waals surface area contributed by atoms with Crippen molar-refractivity contribution >= 4 is 15.9 Å². The normalized spacial score (nSPS) is 21.5. The lowest BCUT2D eigenvalue weighted by atomic mass is 9.74. The lowest BCUT2D eigenvalue weighted by molar-refractivity contribution is -0.144. The summed E-state index contributed by atoms with van der Waals surface area (Å²) in [4.78, 5) is 15.2. The highest BCUT2D eigenvalue weighted by Crippen LogP contribution is 2.37. The first kappa shape index (κ1) is 21.3. The maximum absolute atomic E-state index is 13.0. The first-order chi connectivity index (χ1) is 13.0. The zero-order valence-electron chi connectivity index (χ0n) is 17.7. The molecule has 1 aromatic rings. The van der Waals surface area contributed by atoms with Crippen molar-refractivity contribution in [2.75, 3.05) is 26.2 Å². The van der Waals surface area contributed by atoms with Gasteiger partial charge in [-0.15, -0.1) is 0 Å². The molecule has 1 amide bonds. The van der Waals surface area contributed by atoms with E-state index in [0.717, 1.165) is 31.2 Å². The van der Waals surface area contributed by atoms with Crippen LogP contribution in [0.25, 0.3) is 0 Å². The van der Waals surface area contributed by atoms with Crippen LogP contribution in [0, 0.1) is 5.41 Å². The van der Waals surface area contributed by atoms with Crippen molar-refractivity contribution in [2.24, 2.45) is 5.41 Å². The van der Waals surface area contributed by atoms with E-state index in [0.29, 0.717) is 31.1 Å². The molecule has 1 aliphatic carbocycles. The molecule has 1 aromatic carbocycles. The Labute approximate surface area is 170 Å². The molecule has 0 unspecified atom stereocenters. The number of nitrogens with zero attached hydrogens (tertiary/aromatic N) is 2. The smallest absolute Gasteiger partial charge is 0.243 e. The third kappa shape index (κ3) is 4.28. The zero-order valence-corrected chi connectivity index (χ0v) is 18.5. The summed E-state index contributed by atoms with van der Waals surface area (Å²) in [6, 6.07) is 7.21. The maximum atomic E-state index is 13.0. The minimum absolute atomic E-state index is 0.0104. The second-order valence-electron chi connectivity index (χ2n) is 9.59. The summed E-state index contributed by atoms with van der Waals surface area (Å²) in [5.74, 6) is 0.207. The highest BCUT2D eigenvalue weighted by Gasteiger charge is 2.39. The molecule has 5 nitrogen and oxygen atoms in total. The SMILES string of the molecule is CC1(C(=O)N2CCN(S(=O)(=O)c3ccc(C(C)(C)C)cc3)CC2)CCCCC1. The van der Waals surface area contributed by atoms with Crippen LogP contribution in [0.2, 0.25) is 0 Å². The van der Waals surface area contributed by atoms with Gasteiger partial charge in [0.2, 0.25) is 15.9 Å². The van der Waals surface area contributed by atoms with Crippen LogP contribution in [0.1, 0.15) is 65.4 Å². The van der Waals surface area contributed by atoms with E-state index in [4.69, 9.17) is 0 Å². The molecule has 0 atom stereocenters. The first-order valence-corrected chi connectivity index (χ1v) is 11.9. The molecule has 1 aliphatic heterocycles. The quantitative estimate of drug-likeness (QED) is 0.767. The highest BCUT2D eigenvalue weighted by molar-refractivity contribution is 7.89. The first-order valence-electron chi connectivity index (χ1n) is 10.4. The lowest BCUT2D eigenvalue weighted by Gasteiger charge is -2.40. The van der Waals surface area contributed by atoms with Crippen LogP contribution < -0.4 is 0 Å².